The maximum Gasteiger partial charge on any atom is 0.174 e. The van der Waals surface area contributed by atoms with E-state index in [-0.39, 0.29) is 17.3 Å². The third-order valence-electron chi connectivity index (χ3n) is 3.73. The van der Waals surface area contributed by atoms with Crippen molar-refractivity contribution in [1.82, 2.24) is 4.98 Å². The summed E-state index contributed by atoms with van der Waals surface area (Å²) in [5.41, 5.74) is 2.05. The molecule has 1 aromatic heterocycles. The molecule has 1 atom stereocenters. The average Bonchev–Trinajstić information content (AvgIpc) is 2.49. The number of aromatic nitrogens is 1. The fraction of sp³-hybridized carbons (Fsp3) is 0.250. The zero-order valence-electron chi connectivity index (χ0n) is 10.8. The van der Waals surface area contributed by atoms with E-state index < -0.39 is 5.82 Å². The molecule has 20 heavy (non-hydrogen) atoms. The van der Waals surface area contributed by atoms with Gasteiger partial charge in [-0.3, -0.25) is 9.78 Å². The maximum absolute atomic E-state index is 14.1. The summed E-state index contributed by atoms with van der Waals surface area (Å²) in [6.07, 6.45) is 4.30. The highest BCUT2D eigenvalue weighted by atomic mass is 79.9. The lowest BCUT2D eigenvalue weighted by atomic mass is 9.82. The van der Waals surface area contributed by atoms with Gasteiger partial charge in [0.1, 0.15) is 5.82 Å². The molecule has 0 aliphatic heterocycles. The predicted molar refractivity (Wildman–Crippen MR) is 78.3 cm³/mol. The lowest BCUT2D eigenvalue weighted by Gasteiger charge is -2.23. The van der Waals surface area contributed by atoms with Crippen molar-refractivity contribution in [2.45, 2.75) is 25.2 Å². The number of ketones is 1. The summed E-state index contributed by atoms with van der Waals surface area (Å²) >= 11 is 3.13. The largest absolute Gasteiger partial charge is 0.293 e. The van der Waals surface area contributed by atoms with E-state index >= 15 is 0 Å². The number of nitrogens with zero attached hydrogens (tertiary/aromatic N) is 1. The molecule has 2 aromatic rings. The number of rotatable bonds is 2. The van der Waals surface area contributed by atoms with Crippen molar-refractivity contribution in [3.8, 4) is 0 Å². The molecule has 3 rings (SSSR count). The van der Waals surface area contributed by atoms with E-state index in [2.05, 4.69) is 20.9 Å². The molecule has 0 amide bonds. The molecular weight excluding hydrogens is 321 g/mol. The average molecular weight is 334 g/mol. The van der Waals surface area contributed by atoms with Gasteiger partial charge in [0, 0.05) is 6.20 Å². The van der Waals surface area contributed by atoms with Gasteiger partial charge in [0.2, 0.25) is 0 Å². The molecule has 1 heterocycles. The van der Waals surface area contributed by atoms with E-state index in [0.29, 0.717) is 4.47 Å². The zero-order chi connectivity index (χ0) is 14.1. The van der Waals surface area contributed by atoms with Crippen molar-refractivity contribution in [3.63, 3.8) is 0 Å². The van der Waals surface area contributed by atoms with Crippen molar-refractivity contribution < 1.29 is 9.18 Å². The summed E-state index contributed by atoms with van der Waals surface area (Å²) in [5.74, 6) is -0.993. The minimum absolute atomic E-state index is 0.142. The Morgan fingerprint density at radius 1 is 1.30 bits per heavy atom. The first-order chi connectivity index (χ1) is 9.68. The molecule has 102 valence electrons. The first-order valence-corrected chi connectivity index (χ1v) is 7.40. The molecule has 0 saturated heterocycles. The first kappa shape index (κ1) is 13.4. The van der Waals surface area contributed by atoms with Crippen LogP contribution in [0.1, 0.15) is 40.4 Å². The van der Waals surface area contributed by atoms with E-state index in [9.17, 15) is 9.18 Å². The van der Waals surface area contributed by atoms with Crippen molar-refractivity contribution in [2.75, 3.05) is 0 Å². The molecule has 0 radical (unpaired) electrons. The number of hydrogen-bond acceptors (Lipinski definition) is 2. The van der Waals surface area contributed by atoms with E-state index in [1.54, 1.807) is 24.4 Å². The number of benzene rings is 1. The highest BCUT2D eigenvalue weighted by molar-refractivity contribution is 9.10. The van der Waals surface area contributed by atoms with Crippen molar-refractivity contribution in [2.24, 2.45) is 0 Å². The molecule has 1 aromatic carbocycles. The van der Waals surface area contributed by atoms with Crippen LogP contribution < -0.4 is 0 Å². The minimum atomic E-state index is -0.486. The Bertz CT molecular complexity index is 671. The van der Waals surface area contributed by atoms with Crippen LogP contribution in [-0.2, 0) is 6.42 Å². The first-order valence-electron chi connectivity index (χ1n) is 6.60. The molecule has 0 fully saturated rings. The van der Waals surface area contributed by atoms with Crippen LogP contribution in [0.4, 0.5) is 4.39 Å². The smallest absolute Gasteiger partial charge is 0.174 e. The SMILES string of the molecule is O=C(c1cccc(Br)c1F)C1CCCc2cccnc21. The predicted octanol–water partition coefficient (Wildman–Crippen LogP) is 4.29. The fourth-order valence-corrected chi connectivity index (χ4v) is 3.11. The van der Waals surface area contributed by atoms with E-state index in [4.69, 9.17) is 0 Å². The molecule has 0 N–H and O–H groups in total. The molecule has 4 heteroatoms. The van der Waals surface area contributed by atoms with Gasteiger partial charge in [0.15, 0.2) is 5.78 Å². The van der Waals surface area contributed by atoms with Gasteiger partial charge in [0.05, 0.1) is 21.6 Å². The Kier molecular flexibility index (Phi) is 3.66. The number of aryl methyl sites for hydroxylation is 1. The number of carbonyl (C=O) groups excluding carboxylic acids is 1. The van der Waals surface area contributed by atoms with Gasteiger partial charge in [-0.1, -0.05) is 12.1 Å². The lowest BCUT2D eigenvalue weighted by Crippen LogP contribution is -2.21. The molecule has 0 spiro atoms. The summed E-state index contributed by atoms with van der Waals surface area (Å²) in [6.45, 7) is 0. The van der Waals surface area contributed by atoms with E-state index in [0.717, 1.165) is 30.5 Å². The van der Waals surface area contributed by atoms with E-state index in [1.165, 1.54) is 0 Å². The molecule has 2 nitrogen and oxygen atoms in total. The third kappa shape index (κ3) is 2.29. The van der Waals surface area contributed by atoms with Crippen LogP contribution in [0, 0.1) is 5.82 Å². The molecule has 1 unspecified atom stereocenters. The Labute approximate surface area is 125 Å². The lowest BCUT2D eigenvalue weighted by molar-refractivity contribution is 0.0944. The quantitative estimate of drug-likeness (QED) is 0.767. The van der Waals surface area contributed by atoms with Crippen LogP contribution in [0.3, 0.4) is 0 Å². The van der Waals surface area contributed by atoms with Crippen LogP contribution in [0.25, 0.3) is 0 Å². The Morgan fingerprint density at radius 2 is 2.15 bits per heavy atom. The van der Waals surface area contributed by atoms with Crippen LogP contribution in [0.5, 0.6) is 0 Å². The summed E-state index contributed by atoms with van der Waals surface area (Å²) in [4.78, 5) is 17.0. The van der Waals surface area contributed by atoms with E-state index in [1.807, 2.05) is 12.1 Å². The second kappa shape index (κ2) is 5.44. The standard InChI is InChI=1S/C16H13BrFNO/c17-13-8-2-6-11(14(13)18)16(20)12-7-1-4-10-5-3-9-19-15(10)12/h2-3,5-6,8-9,12H,1,4,7H2. The number of fused-ring (bicyclic) bond motifs is 1. The number of carbonyl (C=O) groups is 1. The number of hydrogen-bond donors (Lipinski definition) is 0. The van der Waals surface area contributed by atoms with Gasteiger partial charge in [-0.05, 0) is 59.0 Å². The summed E-state index contributed by atoms with van der Waals surface area (Å²) in [7, 11) is 0. The second-order valence-electron chi connectivity index (χ2n) is 4.96. The third-order valence-corrected chi connectivity index (χ3v) is 4.34. The summed E-state index contributed by atoms with van der Waals surface area (Å²) in [5, 5.41) is 0. The molecule has 0 bridgehead atoms. The Balaban J connectivity index is 2.02. The van der Waals surface area contributed by atoms with Gasteiger partial charge >= 0.3 is 0 Å². The van der Waals surface area contributed by atoms with Gasteiger partial charge in [-0.15, -0.1) is 0 Å². The van der Waals surface area contributed by atoms with Crippen LogP contribution >= 0.6 is 15.9 Å². The summed E-state index contributed by atoms with van der Waals surface area (Å²) in [6, 6.07) is 8.70. The number of halogens is 2. The second-order valence-corrected chi connectivity index (χ2v) is 5.81. The van der Waals surface area contributed by atoms with Gasteiger partial charge in [-0.25, -0.2) is 4.39 Å². The van der Waals surface area contributed by atoms with Gasteiger partial charge in [-0.2, -0.15) is 0 Å². The maximum atomic E-state index is 14.1. The minimum Gasteiger partial charge on any atom is -0.293 e. The number of Topliss-reactive ketones (excluding diaryl/α,β-unsaturated/α-hetero) is 1. The van der Waals surface area contributed by atoms with Crippen LogP contribution in [-0.4, -0.2) is 10.8 Å². The van der Waals surface area contributed by atoms with Gasteiger partial charge < -0.3 is 0 Å². The van der Waals surface area contributed by atoms with Crippen LogP contribution in [0.2, 0.25) is 0 Å². The van der Waals surface area contributed by atoms with Crippen LogP contribution in [0.15, 0.2) is 41.0 Å². The molecule has 1 aliphatic rings. The summed E-state index contributed by atoms with van der Waals surface area (Å²) < 4.78 is 14.4. The molecular formula is C16H13BrFNO. The molecule has 1 aliphatic carbocycles. The monoisotopic (exact) mass is 333 g/mol. The van der Waals surface area contributed by atoms with Gasteiger partial charge in [0.25, 0.3) is 0 Å². The Hall–Kier alpha value is -1.55. The normalized spacial score (nSPS) is 17.6. The zero-order valence-corrected chi connectivity index (χ0v) is 12.4. The molecule has 0 saturated carbocycles. The van der Waals surface area contributed by atoms with Crippen molar-refractivity contribution in [3.05, 3.63) is 63.6 Å². The van der Waals surface area contributed by atoms with Crippen molar-refractivity contribution >= 4 is 21.7 Å². The fourth-order valence-electron chi connectivity index (χ4n) is 2.75. The number of pyridine rings is 1. The van der Waals surface area contributed by atoms with Crippen molar-refractivity contribution in [1.29, 1.82) is 0 Å². The Morgan fingerprint density at radius 3 is 3.00 bits per heavy atom. The highest BCUT2D eigenvalue weighted by Crippen LogP contribution is 2.33. The topological polar surface area (TPSA) is 30.0 Å². The highest BCUT2D eigenvalue weighted by Gasteiger charge is 2.30.